The Morgan fingerprint density at radius 2 is 2.19 bits per heavy atom. The van der Waals surface area contributed by atoms with Gasteiger partial charge in [-0.25, -0.2) is 9.37 Å². The second-order valence-corrected chi connectivity index (χ2v) is 5.77. The van der Waals surface area contributed by atoms with Gasteiger partial charge < -0.3 is 10.2 Å². The van der Waals surface area contributed by atoms with Gasteiger partial charge in [-0.15, -0.1) is 11.3 Å². The van der Waals surface area contributed by atoms with E-state index in [9.17, 15) is 4.39 Å². The van der Waals surface area contributed by atoms with Crippen molar-refractivity contribution in [3.8, 4) is 0 Å². The third-order valence-electron chi connectivity index (χ3n) is 3.03. The minimum absolute atomic E-state index is 0.210. The Hall–Kier alpha value is -1.95. The second kappa shape index (κ2) is 7.17. The Labute approximate surface area is 128 Å². The van der Waals surface area contributed by atoms with Gasteiger partial charge in [0.2, 0.25) is 0 Å². The van der Waals surface area contributed by atoms with Crippen molar-refractivity contribution in [2.24, 2.45) is 4.99 Å². The number of thiazole rings is 1. The fourth-order valence-electron chi connectivity index (χ4n) is 2.00. The molecule has 1 aromatic carbocycles. The summed E-state index contributed by atoms with van der Waals surface area (Å²) in [5, 5.41) is 6.25. The summed E-state index contributed by atoms with van der Waals surface area (Å²) in [6.45, 7) is 3.06. The number of aliphatic imine (C=N–C) groups is 1. The number of hydrogen-bond acceptors (Lipinski definition) is 3. The van der Waals surface area contributed by atoms with E-state index in [0.717, 1.165) is 10.7 Å². The molecule has 0 fully saturated rings. The number of hydrogen-bond donors (Lipinski definition) is 1. The highest BCUT2D eigenvalue weighted by atomic mass is 32.1. The third kappa shape index (κ3) is 4.26. The van der Waals surface area contributed by atoms with Gasteiger partial charge in [-0.2, -0.15) is 0 Å². The van der Waals surface area contributed by atoms with Crippen LogP contribution in [-0.4, -0.2) is 29.9 Å². The average Bonchev–Trinajstić information content (AvgIpc) is 2.86. The molecule has 0 unspecified atom stereocenters. The van der Waals surface area contributed by atoms with E-state index in [2.05, 4.69) is 15.3 Å². The van der Waals surface area contributed by atoms with Gasteiger partial charge in [0.15, 0.2) is 5.96 Å². The second-order valence-electron chi connectivity index (χ2n) is 4.71. The van der Waals surface area contributed by atoms with Gasteiger partial charge >= 0.3 is 0 Å². The normalized spacial score (nSPS) is 11.5. The first-order chi connectivity index (χ1) is 10.1. The van der Waals surface area contributed by atoms with Crippen LogP contribution in [0.5, 0.6) is 0 Å². The molecule has 1 N–H and O–H groups in total. The van der Waals surface area contributed by atoms with Crippen LogP contribution in [0, 0.1) is 12.7 Å². The number of guanidine groups is 1. The lowest BCUT2D eigenvalue weighted by Gasteiger charge is -2.21. The summed E-state index contributed by atoms with van der Waals surface area (Å²) in [5.41, 5.74) is 1.63. The van der Waals surface area contributed by atoms with Gasteiger partial charge in [-0.3, -0.25) is 4.99 Å². The number of nitrogens with one attached hydrogen (secondary N) is 1. The van der Waals surface area contributed by atoms with Gasteiger partial charge in [0.25, 0.3) is 0 Å². The molecule has 4 nitrogen and oxygen atoms in total. The molecular formula is C15H19FN4S. The van der Waals surface area contributed by atoms with Gasteiger partial charge in [0.05, 0.1) is 17.2 Å². The Balaban J connectivity index is 1.95. The van der Waals surface area contributed by atoms with Crippen LogP contribution in [-0.2, 0) is 13.1 Å². The fourth-order valence-corrected chi connectivity index (χ4v) is 2.60. The van der Waals surface area contributed by atoms with Crippen LogP contribution >= 0.6 is 11.3 Å². The standard InChI is InChI=1S/C15H19FN4S/c1-11-19-13(10-21-11)9-20(3)15(17-2)18-8-12-6-4-5-7-14(12)16/h4-7,10H,8-9H2,1-3H3,(H,17,18). The topological polar surface area (TPSA) is 40.5 Å². The maximum atomic E-state index is 13.6. The number of nitrogens with zero attached hydrogens (tertiary/aromatic N) is 3. The molecule has 1 aromatic heterocycles. The number of aryl methyl sites for hydroxylation is 1. The van der Waals surface area contributed by atoms with E-state index in [1.807, 2.05) is 30.3 Å². The molecule has 0 aliphatic heterocycles. The number of aromatic nitrogens is 1. The van der Waals surface area contributed by atoms with Crippen LogP contribution in [0.3, 0.4) is 0 Å². The molecule has 0 bridgehead atoms. The third-order valence-corrected chi connectivity index (χ3v) is 3.86. The molecule has 21 heavy (non-hydrogen) atoms. The summed E-state index contributed by atoms with van der Waals surface area (Å²) >= 11 is 1.63. The summed E-state index contributed by atoms with van der Waals surface area (Å²) in [6, 6.07) is 6.73. The van der Waals surface area contributed by atoms with Gasteiger partial charge in [-0.05, 0) is 13.0 Å². The summed E-state index contributed by atoms with van der Waals surface area (Å²) < 4.78 is 13.6. The highest BCUT2D eigenvalue weighted by Crippen LogP contribution is 2.10. The first-order valence-corrected chi connectivity index (χ1v) is 7.54. The Kier molecular flexibility index (Phi) is 5.27. The molecule has 2 rings (SSSR count). The molecular weight excluding hydrogens is 287 g/mol. The van der Waals surface area contributed by atoms with Crippen molar-refractivity contribution < 1.29 is 4.39 Å². The molecule has 0 radical (unpaired) electrons. The van der Waals surface area contributed by atoms with Crippen LogP contribution in [0.4, 0.5) is 4.39 Å². The number of halogens is 1. The quantitative estimate of drug-likeness (QED) is 0.697. The Bertz CT molecular complexity index is 624. The molecule has 0 atom stereocenters. The van der Waals surface area contributed by atoms with E-state index in [1.165, 1.54) is 6.07 Å². The first-order valence-electron chi connectivity index (χ1n) is 6.66. The van der Waals surface area contributed by atoms with Crippen LogP contribution < -0.4 is 5.32 Å². The van der Waals surface area contributed by atoms with Crippen molar-refractivity contribution in [2.45, 2.75) is 20.0 Å². The van der Waals surface area contributed by atoms with E-state index in [0.29, 0.717) is 24.6 Å². The van der Waals surface area contributed by atoms with Crippen molar-refractivity contribution in [2.75, 3.05) is 14.1 Å². The van der Waals surface area contributed by atoms with Crippen molar-refractivity contribution in [3.63, 3.8) is 0 Å². The van der Waals surface area contributed by atoms with Crippen molar-refractivity contribution >= 4 is 17.3 Å². The predicted octanol–water partition coefficient (Wildman–Crippen LogP) is 2.80. The smallest absolute Gasteiger partial charge is 0.194 e. The van der Waals surface area contributed by atoms with Crippen LogP contribution in [0.15, 0.2) is 34.6 Å². The van der Waals surface area contributed by atoms with Gasteiger partial charge in [0, 0.05) is 31.6 Å². The van der Waals surface area contributed by atoms with Crippen molar-refractivity contribution in [1.29, 1.82) is 0 Å². The fraction of sp³-hybridized carbons (Fsp3) is 0.333. The zero-order valence-electron chi connectivity index (χ0n) is 12.4. The molecule has 0 saturated carbocycles. The molecule has 0 saturated heterocycles. The maximum absolute atomic E-state index is 13.6. The van der Waals surface area contributed by atoms with E-state index >= 15 is 0 Å². The SMILES string of the molecule is CN=C(NCc1ccccc1F)N(C)Cc1csc(C)n1. The Morgan fingerprint density at radius 1 is 1.43 bits per heavy atom. The summed E-state index contributed by atoms with van der Waals surface area (Å²) in [6.07, 6.45) is 0. The minimum Gasteiger partial charge on any atom is -0.352 e. The summed E-state index contributed by atoms with van der Waals surface area (Å²) in [7, 11) is 3.65. The highest BCUT2D eigenvalue weighted by molar-refractivity contribution is 7.09. The molecule has 0 aliphatic rings. The summed E-state index contributed by atoms with van der Waals surface area (Å²) in [5.74, 6) is 0.502. The van der Waals surface area contributed by atoms with Crippen LogP contribution in [0.1, 0.15) is 16.3 Å². The predicted molar refractivity (Wildman–Crippen MR) is 84.9 cm³/mol. The molecule has 1 heterocycles. The zero-order chi connectivity index (χ0) is 15.2. The molecule has 0 aliphatic carbocycles. The van der Waals surface area contributed by atoms with E-state index in [-0.39, 0.29) is 5.82 Å². The minimum atomic E-state index is -0.210. The van der Waals surface area contributed by atoms with Crippen LogP contribution in [0.2, 0.25) is 0 Å². The Morgan fingerprint density at radius 3 is 2.81 bits per heavy atom. The lowest BCUT2D eigenvalue weighted by molar-refractivity contribution is 0.469. The molecule has 112 valence electrons. The zero-order valence-corrected chi connectivity index (χ0v) is 13.2. The maximum Gasteiger partial charge on any atom is 0.194 e. The van der Waals surface area contributed by atoms with Gasteiger partial charge in [-0.1, -0.05) is 18.2 Å². The van der Waals surface area contributed by atoms with Crippen LogP contribution in [0.25, 0.3) is 0 Å². The van der Waals surface area contributed by atoms with E-state index < -0.39 is 0 Å². The molecule has 2 aromatic rings. The van der Waals surface area contributed by atoms with Crippen molar-refractivity contribution in [3.05, 3.63) is 51.7 Å². The lowest BCUT2D eigenvalue weighted by atomic mass is 10.2. The van der Waals surface area contributed by atoms with Crippen molar-refractivity contribution in [1.82, 2.24) is 15.2 Å². The number of rotatable bonds is 4. The largest absolute Gasteiger partial charge is 0.352 e. The first kappa shape index (κ1) is 15.4. The molecule has 0 spiro atoms. The van der Waals surface area contributed by atoms with Gasteiger partial charge in [0.1, 0.15) is 5.82 Å². The van der Waals surface area contributed by atoms with E-state index in [1.54, 1.807) is 30.5 Å². The molecule has 6 heteroatoms. The summed E-state index contributed by atoms with van der Waals surface area (Å²) in [4.78, 5) is 10.6. The van der Waals surface area contributed by atoms with E-state index in [4.69, 9.17) is 0 Å². The molecule has 0 amide bonds. The monoisotopic (exact) mass is 306 g/mol. The highest BCUT2D eigenvalue weighted by Gasteiger charge is 2.09. The number of benzene rings is 1. The lowest BCUT2D eigenvalue weighted by Crippen LogP contribution is -2.38. The average molecular weight is 306 g/mol.